The molecule has 3 aromatic rings. The monoisotopic (exact) mass is 340 g/mol. The third-order valence-electron chi connectivity index (χ3n) is 3.76. The Morgan fingerprint density at radius 2 is 1.68 bits per heavy atom. The van der Waals surface area contributed by atoms with Crippen molar-refractivity contribution in [1.82, 2.24) is 9.97 Å². The van der Waals surface area contributed by atoms with Crippen LogP contribution in [-0.2, 0) is 0 Å². The van der Waals surface area contributed by atoms with Crippen LogP contribution in [-0.4, -0.2) is 37.1 Å². The normalized spacial score (nSPS) is 10.5. The van der Waals surface area contributed by atoms with Crippen molar-refractivity contribution in [2.45, 2.75) is 0 Å². The molecule has 25 heavy (non-hydrogen) atoms. The Labute approximate surface area is 143 Å². The number of fused-ring (bicyclic) bond motifs is 1. The summed E-state index contributed by atoms with van der Waals surface area (Å²) in [6.07, 6.45) is 0. The summed E-state index contributed by atoms with van der Waals surface area (Å²) < 4.78 is 15.9. The molecule has 128 valence electrons. The van der Waals surface area contributed by atoms with E-state index in [4.69, 9.17) is 14.2 Å². The van der Waals surface area contributed by atoms with Gasteiger partial charge in [0.2, 0.25) is 11.5 Å². The van der Waals surface area contributed by atoms with Crippen LogP contribution in [0.4, 0.5) is 0 Å². The summed E-state index contributed by atoms with van der Waals surface area (Å²) >= 11 is 0. The Balaban J connectivity index is 2.28. The first kappa shape index (κ1) is 16.5. The van der Waals surface area contributed by atoms with Gasteiger partial charge in [-0.2, -0.15) is 0 Å². The molecule has 3 rings (SSSR count). The molecule has 0 saturated heterocycles. The summed E-state index contributed by atoms with van der Waals surface area (Å²) in [7, 11) is 4.34. The van der Waals surface area contributed by atoms with E-state index in [0.29, 0.717) is 17.1 Å². The van der Waals surface area contributed by atoms with Crippen LogP contribution in [0.5, 0.6) is 17.2 Å². The van der Waals surface area contributed by atoms with Gasteiger partial charge in [-0.1, -0.05) is 30.3 Å². The van der Waals surface area contributed by atoms with Gasteiger partial charge < -0.3 is 19.2 Å². The summed E-state index contributed by atoms with van der Waals surface area (Å²) in [5, 5.41) is 0.235. The Morgan fingerprint density at radius 1 is 1.00 bits per heavy atom. The number of nitrogens with one attached hydrogen (secondary N) is 1. The van der Waals surface area contributed by atoms with Gasteiger partial charge in [-0.3, -0.25) is 9.59 Å². The molecular weight excluding hydrogens is 324 g/mol. The van der Waals surface area contributed by atoms with Crippen LogP contribution in [0.1, 0.15) is 16.2 Å². The lowest BCUT2D eigenvalue weighted by Crippen LogP contribution is -2.17. The maximum absolute atomic E-state index is 12.6. The zero-order valence-electron chi connectivity index (χ0n) is 14.0. The van der Waals surface area contributed by atoms with E-state index >= 15 is 0 Å². The van der Waals surface area contributed by atoms with Gasteiger partial charge in [0.1, 0.15) is 5.52 Å². The van der Waals surface area contributed by atoms with Gasteiger partial charge in [0.05, 0.1) is 26.7 Å². The molecule has 0 fully saturated rings. The lowest BCUT2D eigenvalue weighted by molar-refractivity contribution is 0.102. The van der Waals surface area contributed by atoms with E-state index in [1.807, 2.05) is 0 Å². The minimum atomic E-state index is -0.469. The molecule has 0 unspecified atom stereocenters. The highest BCUT2D eigenvalue weighted by atomic mass is 16.5. The molecule has 1 N–H and O–H groups in total. The van der Waals surface area contributed by atoms with Crippen LogP contribution in [0, 0.1) is 0 Å². The van der Waals surface area contributed by atoms with Crippen LogP contribution >= 0.6 is 0 Å². The van der Waals surface area contributed by atoms with E-state index in [0.717, 1.165) is 0 Å². The molecule has 0 amide bonds. The molecule has 2 aromatic carbocycles. The number of methoxy groups -OCH3 is 3. The first-order valence-electron chi connectivity index (χ1n) is 7.43. The Kier molecular flexibility index (Phi) is 4.38. The Morgan fingerprint density at radius 3 is 2.28 bits per heavy atom. The first-order chi connectivity index (χ1) is 12.1. The fourth-order valence-corrected chi connectivity index (χ4v) is 2.57. The van der Waals surface area contributed by atoms with E-state index in [-0.39, 0.29) is 22.5 Å². The fourth-order valence-electron chi connectivity index (χ4n) is 2.57. The largest absolute Gasteiger partial charge is 0.493 e. The number of aromatic nitrogens is 2. The molecule has 7 heteroatoms. The fraction of sp³-hybridized carbons (Fsp3) is 0.167. The second-order valence-electron chi connectivity index (χ2n) is 5.15. The van der Waals surface area contributed by atoms with Crippen LogP contribution in [0.15, 0.2) is 41.2 Å². The highest BCUT2D eigenvalue weighted by molar-refractivity contribution is 6.07. The molecule has 1 heterocycles. The second-order valence-corrected chi connectivity index (χ2v) is 5.15. The number of hydrogen-bond acceptors (Lipinski definition) is 6. The number of rotatable bonds is 5. The van der Waals surface area contributed by atoms with Crippen LogP contribution in [0.25, 0.3) is 10.9 Å². The van der Waals surface area contributed by atoms with Gasteiger partial charge in [0.15, 0.2) is 17.3 Å². The predicted molar refractivity (Wildman–Crippen MR) is 91.9 cm³/mol. The minimum absolute atomic E-state index is 0.0748. The van der Waals surface area contributed by atoms with Crippen molar-refractivity contribution in [2.75, 3.05) is 21.3 Å². The summed E-state index contributed by atoms with van der Waals surface area (Å²) in [4.78, 5) is 31.9. The average molecular weight is 340 g/mol. The number of benzene rings is 2. The molecule has 0 bridgehead atoms. The molecule has 7 nitrogen and oxygen atoms in total. The zero-order valence-corrected chi connectivity index (χ0v) is 14.0. The molecule has 0 aliphatic rings. The second kappa shape index (κ2) is 6.64. The molecule has 0 radical (unpaired) electrons. The molecular formula is C18H16N2O5. The number of aromatic amines is 1. The highest BCUT2D eigenvalue weighted by Crippen LogP contribution is 2.41. The molecule has 0 aliphatic heterocycles. The molecule has 0 atom stereocenters. The Hall–Kier alpha value is -3.35. The predicted octanol–water partition coefficient (Wildman–Crippen LogP) is 2.18. The van der Waals surface area contributed by atoms with Crippen LogP contribution in [0.2, 0.25) is 0 Å². The average Bonchev–Trinajstić information content (AvgIpc) is 2.66. The van der Waals surface area contributed by atoms with E-state index in [2.05, 4.69) is 9.97 Å². The van der Waals surface area contributed by atoms with E-state index in [1.54, 1.807) is 30.3 Å². The third kappa shape index (κ3) is 2.80. The van der Waals surface area contributed by atoms with Gasteiger partial charge in [-0.25, -0.2) is 4.98 Å². The van der Waals surface area contributed by atoms with Crippen LogP contribution < -0.4 is 19.8 Å². The molecule has 0 spiro atoms. The smallest absolute Gasteiger partial charge is 0.259 e. The highest BCUT2D eigenvalue weighted by Gasteiger charge is 2.21. The number of carbonyl (C=O) groups excluding carboxylic acids is 1. The summed E-state index contributed by atoms with van der Waals surface area (Å²) in [5.74, 6) is 0.394. The lowest BCUT2D eigenvalue weighted by Gasteiger charge is -2.14. The first-order valence-corrected chi connectivity index (χ1v) is 7.43. The minimum Gasteiger partial charge on any atom is -0.493 e. The number of hydrogen-bond donors (Lipinski definition) is 1. The van der Waals surface area contributed by atoms with Gasteiger partial charge in [-0.15, -0.1) is 0 Å². The van der Waals surface area contributed by atoms with Crippen molar-refractivity contribution in [1.29, 1.82) is 0 Å². The molecule has 1 aromatic heterocycles. The summed E-state index contributed by atoms with van der Waals surface area (Å²) in [6, 6.07) is 10.1. The topological polar surface area (TPSA) is 90.5 Å². The van der Waals surface area contributed by atoms with Gasteiger partial charge >= 0.3 is 0 Å². The standard InChI is InChI=1S/C18H16N2O5/c1-23-12-9-11-13(16(25-3)15(12)24-2)19-17(20-18(11)22)14(21)10-7-5-4-6-8-10/h4-9H,1-3H3,(H,19,20,22). The van der Waals surface area contributed by atoms with Gasteiger partial charge in [0.25, 0.3) is 5.56 Å². The summed E-state index contributed by atoms with van der Waals surface area (Å²) in [5.41, 5.74) is 0.177. The SMILES string of the molecule is COc1cc2c(=O)[nH]c(C(=O)c3ccccc3)nc2c(OC)c1OC. The quantitative estimate of drug-likeness (QED) is 0.716. The van der Waals surface area contributed by atoms with Crippen LogP contribution in [0.3, 0.4) is 0 Å². The van der Waals surface area contributed by atoms with E-state index < -0.39 is 11.3 Å². The maximum Gasteiger partial charge on any atom is 0.259 e. The van der Waals surface area contributed by atoms with Crippen molar-refractivity contribution >= 4 is 16.7 Å². The zero-order chi connectivity index (χ0) is 18.0. The number of ketones is 1. The summed E-state index contributed by atoms with van der Waals surface area (Å²) in [6.45, 7) is 0. The number of ether oxygens (including phenoxy) is 3. The lowest BCUT2D eigenvalue weighted by atomic mass is 10.1. The van der Waals surface area contributed by atoms with E-state index in [9.17, 15) is 9.59 Å². The number of nitrogens with zero attached hydrogens (tertiary/aromatic N) is 1. The van der Waals surface area contributed by atoms with Crippen molar-refractivity contribution in [3.63, 3.8) is 0 Å². The van der Waals surface area contributed by atoms with Crippen molar-refractivity contribution in [3.05, 3.63) is 58.1 Å². The van der Waals surface area contributed by atoms with Crippen molar-refractivity contribution in [2.24, 2.45) is 0 Å². The maximum atomic E-state index is 12.6. The van der Waals surface area contributed by atoms with Crippen molar-refractivity contribution < 1.29 is 19.0 Å². The molecule has 0 saturated carbocycles. The van der Waals surface area contributed by atoms with Gasteiger partial charge in [0, 0.05) is 5.56 Å². The van der Waals surface area contributed by atoms with Gasteiger partial charge in [-0.05, 0) is 6.07 Å². The third-order valence-corrected chi connectivity index (χ3v) is 3.76. The number of H-pyrrole nitrogens is 1. The number of carbonyl (C=O) groups is 1. The Bertz CT molecular complexity index is 996. The van der Waals surface area contributed by atoms with E-state index in [1.165, 1.54) is 27.4 Å². The molecule has 0 aliphatic carbocycles. The van der Waals surface area contributed by atoms with Crippen molar-refractivity contribution in [3.8, 4) is 17.2 Å².